The molecule has 0 heterocycles. The molecular weight excluding hydrogens is 467 g/mol. The number of benzene rings is 2. The molecule has 0 fully saturated rings. The zero-order valence-corrected chi connectivity index (χ0v) is 16.3. The molecule has 0 bridgehead atoms. The van der Waals surface area contributed by atoms with Crippen molar-refractivity contribution in [3.05, 3.63) is 69.2 Å². The van der Waals surface area contributed by atoms with Crippen molar-refractivity contribution in [1.82, 2.24) is 0 Å². The van der Waals surface area contributed by atoms with E-state index in [9.17, 15) is 0 Å². The molecule has 20 heavy (non-hydrogen) atoms. The van der Waals surface area contributed by atoms with E-state index in [4.69, 9.17) is 11.6 Å². The molecule has 0 aromatic heterocycles. The lowest BCUT2D eigenvalue weighted by molar-refractivity contribution is 0.548. The highest BCUT2D eigenvalue weighted by atomic mass is 79.9. The van der Waals surface area contributed by atoms with Gasteiger partial charge in [-0.15, -0.1) is 0 Å². The van der Waals surface area contributed by atoms with E-state index in [0.717, 1.165) is 26.6 Å². The Bertz CT molecular complexity index is 562. The zero-order valence-electron chi connectivity index (χ0n) is 10.8. The van der Waals surface area contributed by atoms with Crippen LogP contribution >= 0.6 is 59.4 Å². The third-order valence-corrected chi connectivity index (χ3v) is 6.50. The molecule has 2 aromatic carbocycles. The minimum absolute atomic E-state index is 0.00786. The molecular formula is C16H14Br3Cl. The van der Waals surface area contributed by atoms with Crippen LogP contribution in [0.25, 0.3) is 0 Å². The van der Waals surface area contributed by atoms with Crippen LogP contribution in [0.15, 0.2) is 53.0 Å². The van der Waals surface area contributed by atoms with Gasteiger partial charge in [0.1, 0.15) is 0 Å². The highest BCUT2D eigenvalue weighted by Gasteiger charge is 2.32. The molecule has 0 nitrogen and oxygen atoms in total. The molecule has 4 heteroatoms. The third kappa shape index (κ3) is 3.68. The van der Waals surface area contributed by atoms with Crippen molar-refractivity contribution in [2.24, 2.45) is 0 Å². The van der Waals surface area contributed by atoms with E-state index in [-0.39, 0.29) is 5.41 Å². The number of alkyl halides is 2. The van der Waals surface area contributed by atoms with Crippen LogP contribution in [0.2, 0.25) is 5.02 Å². The summed E-state index contributed by atoms with van der Waals surface area (Å²) in [4.78, 5) is 0. The average Bonchev–Trinajstić information content (AvgIpc) is 2.48. The fraction of sp³-hybridized carbons (Fsp3) is 0.250. The molecule has 0 radical (unpaired) electrons. The lowest BCUT2D eigenvalue weighted by Gasteiger charge is -2.32. The number of hydrogen-bond donors (Lipinski definition) is 0. The predicted molar refractivity (Wildman–Crippen MR) is 98.6 cm³/mol. The summed E-state index contributed by atoms with van der Waals surface area (Å²) in [6, 6.07) is 16.5. The van der Waals surface area contributed by atoms with E-state index in [0.29, 0.717) is 0 Å². The molecule has 2 aromatic rings. The largest absolute Gasteiger partial charge is 0.0918 e. The first kappa shape index (κ1) is 16.5. The monoisotopic (exact) mass is 478 g/mol. The summed E-state index contributed by atoms with van der Waals surface area (Å²) < 4.78 is 1.15. The normalized spacial score (nSPS) is 11.6. The second-order valence-electron chi connectivity index (χ2n) is 4.83. The summed E-state index contributed by atoms with van der Waals surface area (Å²) in [6.45, 7) is 0. The molecule has 0 N–H and O–H groups in total. The highest BCUT2D eigenvalue weighted by Crippen LogP contribution is 2.37. The van der Waals surface area contributed by atoms with Gasteiger partial charge in [0, 0.05) is 25.6 Å². The molecule has 0 amide bonds. The average molecular weight is 481 g/mol. The lowest BCUT2D eigenvalue weighted by atomic mass is 9.79. The molecule has 2 rings (SSSR count). The molecule has 0 saturated heterocycles. The summed E-state index contributed by atoms with van der Waals surface area (Å²) in [5.41, 5.74) is 2.60. The van der Waals surface area contributed by atoms with Gasteiger partial charge in [-0.3, -0.25) is 0 Å². The topological polar surface area (TPSA) is 0 Å². The van der Waals surface area contributed by atoms with E-state index in [1.165, 1.54) is 11.1 Å². The summed E-state index contributed by atoms with van der Waals surface area (Å²) in [7, 11) is 0. The quantitative estimate of drug-likeness (QED) is 0.435. The van der Waals surface area contributed by atoms with Crippen molar-refractivity contribution >= 4 is 59.4 Å². The van der Waals surface area contributed by atoms with Gasteiger partial charge in [-0.05, 0) is 35.7 Å². The summed E-state index contributed by atoms with van der Waals surface area (Å²) in [6.07, 6.45) is 0.948. The van der Waals surface area contributed by atoms with Crippen LogP contribution in [-0.4, -0.2) is 10.7 Å². The van der Waals surface area contributed by atoms with Gasteiger partial charge >= 0.3 is 0 Å². The molecule has 0 saturated carbocycles. The Morgan fingerprint density at radius 3 is 2.05 bits per heavy atom. The van der Waals surface area contributed by atoms with Crippen LogP contribution < -0.4 is 0 Å². The maximum atomic E-state index is 5.97. The lowest BCUT2D eigenvalue weighted by Crippen LogP contribution is -2.33. The van der Waals surface area contributed by atoms with Crippen molar-refractivity contribution in [2.75, 3.05) is 10.7 Å². The SMILES string of the molecule is Clc1ccc(CC(CBr)(CBr)c2ccccc2Br)cc1. The van der Waals surface area contributed by atoms with E-state index in [1.807, 2.05) is 18.2 Å². The van der Waals surface area contributed by atoms with E-state index in [1.54, 1.807) is 0 Å². The van der Waals surface area contributed by atoms with Crippen LogP contribution in [0.5, 0.6) is 0 Å². The number of halogens is 4. The fourth-order valence-electron chi connectivity index (χ4n) is 2.25. The fourth-order valence-corrected chi connectivity index (χ4v) is 5.01. The van der Waals surface area contributed by atoms with Crippen molar-refractivity contribution < 1.29 is 0 Å². The van der Waals surface area contributed by atoms with Gasteiger partial charge < -0.3 is 0 Å². The second kappa shape index (κ2) is 7.44. The van der Waals surface area contributed by atoms with Gasteiger partial charge in [0.15, 0.2) is 0 Å². The maximum absolute atomic E-state index is 5.97. The third-order valence-electron chi connectivity index (χ3n) is 3.41. The Morgan fingerprint density at radius 2 is 1.50 bits per heavy atom. The van der Waals surface area contributed by atoms with Crippen LogP contribution in [0.4, 0.5) is 0 Å². The first-order valence-corrected chi connectivity index (χ1v) is 9.64. The summed E-state index contributed by atoms with van der Waals surface area (Å²) in [5.74, 6) is 0. The Morgan fingerprint density at radius 1 is 0.900 bits per heavy atom. The standard InChI is InChI=1S/C16H14Br3Cl/c17-10-16(11-18,14-3-1-2-4-15(14)19)9-12-5-7-13(20)8-6-12/h1-8H,9-11H2. The van der Waals surface area contributed by atoms with Crippen LogP contribution in [0.3, 0.4) is 0 Å². The van der Waals surface area contributed by atoms with Gasteiger partial charge in [-0.25, -0.2) is 0 Å². The van der Waals surface area contributed by atoms with Gasteiger partial charge in [0.05, 0.1) is 0 Å². The van der Waals surface area contributed by atoms with Crippen molar-refractivity contribution in [2.45, 2.75) is 11.8 Å². The zero-order chi connectivity index (χ0) is 14.6. The summed E-state index contributed by atoms with van der Waals surface area (Å²) >= 11 is 17.0. The highest BCUT2D eigenvalue weighted by molar-refractivity contribution is 9.10. The first-order chi connectivity index (χ1) is 9.61. The minimum Gasteiger partial charge on any atom is -0.0918 e. The van der Waals surface area contributed by atoms with Crippen molar-refractivity contribution in [3.63, 3.8) is 0 Å². The van der Waals surface area contributed by atoms with Gasteiger partial charge in [0.2, 0.25) is 0 Å². The van der Waals surface area contributed by atoms with Gasteiger partial charge in [-0.1, -0.05) is 89.7 Å². The van der Waals surface area contributed by atoms with Crippen LogP contribution in [0.1, 0.15) is 11.1 Å². The van der Waals surface area contributed by atoms with Crippen molar-refractivity contribution in [1.29, 1.82) is 0 Å². The van der Waals surface area contributed by atoms with E-state index in [2.05, 4.69) is 78.1 Å². The van der Waals surface area contributed by atoms with Gasteiger partial charge in [0.25, 0.3) is 0 Å². The molecule has 0 aliphatic heterocycles. The Hall–Kier alpha value is 0.170. The Labute approximate surface area is 150 Å². The van der Waals surface area contributed by atoms with Crippen LogP contribution in [0, 0.1) is 0 Å². The second-order valence-corrected chi connectivity index (χ2v) is 7.24. The number of rotatable bonds is 5. The smallest absolute Gasteiger partial charge is 0.0406 e. The molecule has 0 atom stereocenters. The maximum Gasteiger partial charge on any atom is 0.0406 e. The molecule has 0 unspecified atom stereocenters. The minimum atomic E-state index is 0.00786. The summed E-state index contributed by atoms with van der Waals surface area (Å²) in [5, 5.41) is 2.55. The van der Waals surface area contributed by atoms with Gasteiger partial charge in [-0.2, -0.15) is 0 Å². The first-order valence-electron chi connectivity index (χ1n) is 6.23. The Kier molecular flexibility index (Phi) is 6.15. The van der Waals surface area contributed by atoms with E-state index >= 15 is 0 Å². The number of hydrogen-bond acceptors (Lipinski definition) is 0. The van der Waals surface area contributed by atoms with E-state index < -0.39 is 0 Å². The Balaban J connectivity index is 2.39. The van der Waals surface area contributed by atoms with Crippen LogP contribution in [-0.2, 0) is 11.8 Å². The molecule has 0 aliphatic rings. The molecule has 0 aliphatic carbocycles. The predicted octanol–water partition coefficient (Wildman–Crippen LogP) is 6.37. The molecule has 0 spiro atoms. The molecule has 106 valence electrons. The van der Waals surface area contributed by atoms with Crippen molar-refractivity contribution in [3.8, 4) is 0 Å².